The molecule has 4 aromatic rings. The highest BCUT2D eigenvalue weighted by atomic mass is 35.5. The third-order valence-corrected chi connectivity index (χ3v) is 6.04. The number of benzene rings is 2. The predicted molar refractivity (Wildman–Crippen MR) is 126 cm³/mol. The molecule has 0 radical (unpaired) electrons. The molecule has 0 fully saturated rings. The zero-order chi connectivity index (χ0) is 22.6. The fourth-order valence-corrected chi connectivity index (χ4v) is 4.03. The smallest absolute Gasteiger partial charge is 0.227 e. The first-order valence-electron chi connectivity index (χ1n) is 9.71. The van der Waals surface area contributed by atoms with Crippen LogP contribution in [0.25, 0.3) is 0 Å². The van der Waals surface area contributed by atoms with Gasteiger partial charge in [-0.2, -0.15) is 0 Å². The summed E-state index contributed by atoms with van der Waals surface area (Å²) in [5, 5.41) is 7.19. The average Bonchev–Trinajstić information content (AvgIpc) is 2.79. The van der Waals surface area contributed by atoms with E-state index in [0.29, 0.717) is 22.3 Å². The van der Waals surface area contributed by atoms with E-state index >= 15 is 0 Å². The predicted octanol–water partition coefficient (Wildman–Crippen LogP) is 4.87. The van der Waals surface area contributed by atoms with Crippen LogP contribution in [0.4, 0.5) is 17.3 Å². The zero-order valence-electron chi connectivity index (χ0n) is 17.1. The minimum absolute atomic E-state index is 0.179. The number of hydrogen-bond acceptors (Lipinski definition) is 7. The van der Waals surface area contributed by atoms with Gasteiger partial charge in [-0.25, -0.2) is 18.4 Å². The van der Waals surface area contributed by atoms with Crippen LogP contribution in [0.5, 0.6) is 0 Å². The Labute approximate surface area is 191 Å². The molecule has 0 bridgehead atoms. The molecular weight excluding hydrogens is 446 g/mol. The molecular formula is C23H20ClN5O2S. The molecule has 2 heterocycles. The van der Waals surface area contributed by atoms with Crippen molar-refractivity contribution in [2.45, 2.75) is 10.9 Å². The van der Waals surface area contributed by atoms with Gasteiger partial charge in [-0.3, -0.25) is 4.98 Å². The molecule has 2 aromatic carbocycles. The van der Waals surface area contributed by atoms with E-state index in [-0.39, 0.29) is 10.9 Å². The number of nitrogens with zero attached hydrogens (tertiary/aromatic N) is 3. The van der Waals surface area contributed by atoms with E-state index in [1.807, 2.05) is 36.4 Å². The number of anilines is 3. The molecule has 4 rings (SSSR count). The molecule has 0 aliphatic rings. The first kappa shape index (κ1) is 21.7. The molecule has 0 aliphatic carbocycles. The van der Waals surface area contributed by atoms with Gasteiger partial charge in [0.05, 0.1) is 28.0 Å². The lowest BCUT2D eigenvalue weighted by Gasteiger charge is -2.23. The number of nitrogens with one attached hydrogen (secondary N) is 2. The highest BCUT2D eigenvalue weighted by Gasteiger charge is 2.19. The fourth-order valence-electron chi connectivity index (χ4n) is 3.18. The van der Waals surface area contributed by atoms with Gasteiger partial charge in [0, 0.05) is 29.9 Å². The number of hydrogen-bond donors (Lipinski definition) is 2. The van der Waals surface area contributed by atoms with Gasteiger partial charge in [-0.1, -0.05) is 29.8 Å². The summed E-state index contributed by atoms with van der Waals surface area (Å²) in [5.41, 5.74) is 2.86. The number of aromatic nitrogens is 3. The lowest BCUT2D eigenvalue weighted by atomic mass is 10.0. The number of rotatable bonds is 7. The summed E-state index contributed by atoms with van der Waals surface area (Å²) in [6.07, 6.45) is 6.09. The number of sulfone groups is 1. The van der Waals surface area contributed by atoms with Gasteiger partial charge in [0.1, 0.15) is 0 Å². The Kier molecular flexibility index (Phi) is 6.34. The van der Waals surface area contributed by atoms with E-state index in [1.54, 1.807) is 48.9 Å². The molecule has 7 nitrogen and oxygen atoms in total. The van der Waals surface area contributed by atoms with Crippen molar-refractivity contribution < 1.29 is 8.42 Å². The van der Waals surface area contributed by atoms with E-state index in [2.05, 4.69) is 25.6 Å². The molecule has 9 heteroatoms. The lowest BCUT2D eigenvalue weighted by molar-refractivity contribution is 0.602. The zero-order valence-corrected chi connectivity index (χ0v) is 18.7. The van der Waals surface area contributed by atoms with E-state index in [9.17, 15) is 8.42 Å². The van der Waals surface area contributed by atoms with Crippen LogP contribution in [0.1, 0.15) is 17.3 Å². The molecule has 2 aromatic heterocycles. The Morgan fingerprint density at radius 1 is 0.844 bits per heavy atom. The summed E-state index contributed by atoms with van der Waals surface area (Å²) < 4.78 is 24.3. The second-order valence-electron chi connectivity index (χ2n) is 7.06. The summed E-state index contributed by atoms with van der Waals surface area (Å²) in [6, 6.07) is 19.4. The van der Waals surface area contributed by atoms with Crippen molar-refractivity contribution in [1.82, 2.24) is 15.0 Å². The van der Waals surface area contributed by atoms with Crippen LogP contribution in [0, 0.1) is 0 Å². The van der Waals surface area contributed by atoms with Crippen LogP contribution >= 0.6 is 11.6 Å². The molecule has 0 saturated carbocycles. The van der Waals surface area contributed by atoms with Crippen molar-refractivity contribution in [3.05, 3.63) is 102 Å². The van der Waals surface area contributed by atoms with Crippen molar-refractivity contribution in [3.8, 4) is 0 Å². The summed E-state index contributed by atoms with van der Waals surface area (Å²) >= 11 is 6.25. The van der Waals surface area contributed by atoms with E-state index in [0.717, 1.165) is 11.3 Å². The van der Waals surface area contributed by atoms with Crippen LogP contribution in [0.15, 0.2) is 90.2 Å². The maximum Gasteiger partial charge on any atom is 0.227 e. The first-order chi connectivity index (χ1) is 15.4. The standard InChI is InChI=1S/C23H20ClN5O2S/c1-32(30,31)18-9-10-19(21(15-18)29-23-26-12-5-13-27-23)28-22(20-8-2-3-11-25-20)16-6-4-7-17(24)14-16/h2-15,22,28H,1H3,(H,26,27,29)/t22-/m1/s1. The van der Waals surface area contributed by atoms with Crippen molar-refractivity contribution in [2.75, 3.05) is 16.9 Å². The Hall–Kier alpha value is -3.49. The van der Waals surface area contributed by atoms with Crippen LogP contribution in [-0.2, 0) is 9.84 Å². The normalized spacial score (nSPS) is 12.2. The second-order valence-corrected chi connectivity index (χ2v) is 9.52. The summed E-state index contributed by atoms with van der Waals surface area (Å²) in [6.45, 7) is 0. The van der Waals surface area contributed by atoms with Gasteiger partial charge >= 0.3 is 0 Å². The molecule has 1 atom stereocenters. The van der Waals surface area contributed by atoms with Crippen LogP contribution in [0.3, 0.4) is 0 Å². The summed E-state index contributed by atoms with van der Waals surface area (Å²) in [4.78, 5) is 13.1. The average molecular weight is 466 g/mol. The van der Waals surface area contributed by atoms with Gasteiger partial charge < -0.3 is 10.6 Å². The van der Waals surface area contributed by atoms with Gasteiger partial charge in [0.25, 0.3) is 0 Å². The molecule has 0 amide bonds. The van der Waals surface area contributed by atoms with Gasteiger partial charge in [0.2, 0.25) is 5.95 Å². The molecule has 0 saturated heterocycles. The molecule has 162 valence electrons. The maximum absolute atomic E-state index is 12.1. The van der Waals surface area contributed by atoms with E-state index in [4.69, 9.17) is 11.6 Å². The van der Waals surface area contributed by atoms with Crippen molar-refractivity contribution in [1.29, 1.82) is 0 Å². The second kappa shape index (κ2) is 9.33. The van der Waals surface area contributed by atoms with Crippen LogP contribution in [-0.4, -0.2) is 29.6 Å². The lowest BCUT2D eigenvalue weighted by Crippen LogP contribution is -2.15. The summed E-state index contributed by atoms with van der Waals surface area (Å²) in [7, 11) is -3.41. The highest BCUT2D eigenvalue weighted by molar-refractivity contribution is 7.90. The Morgan fingerprint density at radius 3 is 2.31 bits per heavy atom. The molecule has 0 unspecified atom stereocenters. The van der Waals surface area contributed by atoms with Gasteiger partial charge in [-0.15, -0.1) is 0 Å². The van der Waals surface area contributed by atoms with Gasteiger partial charge in [-0.05, 0) is 54.1 Å². The van der Waals surface area contributed by atoms with Crippen molar-refractivity contribution >= 4 is 38.8 Å². The third-order valence-electron chi connectivity index (χ3n) is 4.70. The largest absolute Gasteiger partial charge is 0.371 e. The highest BCUT2D eigenvalue weighted by Crippen LogP contribution is 2.33. The fraction of sp³-hybridized carbons (Fsp3) is 0.0870. The van der Waals surface area contributed by atoms with E-state index in [1.165, 1.54) is 6.26 Å². The van der Waals surface area contributed by atoms with Crippen molar-refractivity contribution in [2.24, 2.45) is 0 Å². The Morgan fingerprint density at radius 2 is 1.62 bits per heavy atom. The van der Waals surface area contributed by atoms with Crippen LogP contribution in [0.2, 0.25) is 5.02 Å². The number of halogens is 1. The maximum atomic E-state index is 12.1. The monoisotopic (exact) mass is 465 g/mol. The third kappa shape index (κ3) is 5.22. The molecule has 0 spiro atoms. The quantitative estimate of drug-likeness (QED) is 0.401. The first-order valence-corrected chi connectivity index (χ1v) is 12.0. The number of pyridine rings is 1. The Bertz CT molecular complexity index is 1320. The van der Waals surface area contributed by atoms with Gasteiger partial charge in [0.15, 0.2) is 9.84 Å². The minimum atomic E-state index is -3.41. The molecule has 2 N–H and O–H groups in total. The summed E-state index contributed by atoms with van der Waals surface area (Å²) in [5.74, 6) is 0.346. The van der Waals surface area contributed by atoms with E-state index < -0.39 is 9.84 Å². The topological polar surface area (TPSA) is 96.9 Å². The molecule has 0 aliphatic heterocycles. The van der Waals surface area contributed by atoms with Crippen molar-refractivity contribution in [3.63, 3.8) is 0 Å². The van der Waals surface area contributed by atoms with Crippen LogP contribution < -0.4 is 10.6 Å². The minimum Gasteiger partial charge on any atom is -0.371 e. The SMILES string of the molecule is CS(=O)(=O)c1ccc(N[C@H](c2cccc(Cl)c2)c2ccccn2)c(Nc2ncccn2)c1. The molecule has 32 heavy (non-hydrogen) atoms. The Balaban J connectivity index is 1.79.